The third-order valence-electron chi connectivity index (χ3n) is 5.60. The van der Waals surface area contributed by atoms with Crippen LogP contribution in [0, 0.1) is 0 Å². The lowest BCUT2D eigenvalue weighted by molar-refractivity contribution is -0.945. The fraction of sp³-hybridized carbons (Fsp3) is 0.250. The van der Waals surface area contributed by atoms with Gasteiger partial charge in [0.15, 0.2) is 0 Å². The number of hydrogen-bond acceptors (Lipinski definition) is 3. The number of carbonyl (C=O) groups excluding carboxylic acids is 2. The van der Waals surface area contributed by atoms with Crippen LogP contribution in [-0.2, 0) is 29.1 Å². The highest BCUT2D eigenvalue weighted by Crippen LogP contribution is 2.19. The number of quaternary nitrogens is 1. The van der Waals surface area contributed by atoms with Crippen molar-refractivity contribution >= 4 is 23.2 Å². The highest BCUT2D eigenvalue weighted by atomic mass is 32.1. The van der Waals surface area contributed by atoms with E-state index in [4.69, 9.17) is 0 Å². The molecule has 0 radical (unpaired) electrons. The Morgan fingerprint density at radius 2 is 1.63 bits per heavy atom. The Bertz CT molecular complexity index is 989. The van der Waals surface area contributed by atoms with E-state index in [9.17, 15) is 9.59 Å². The molecule has 30 heavy (non-hydrogen) atoms. The van der Waals surface area contributed by atoms with Crippen molar-refractivity contribution in [3.05, 3.63) is 93.7 Å². The molecule has 2 aromatic carbocycles. The zero-order valence-corrected chi connectivity index (χ0v) is 17.6. The first kappa shape index (κ1) is 20.3. The van der Waals surface area contributed by atoms with E-state index in [1.807, 2.05) is 36.4 Å². The number of rotatable bonds is 6. The maximum absolute atomic E-state index is 12.4. The van der Waals surface area contributed by atoms with E-state index in [0.717, 1.165) is 25.1 Å². The van der Waals surface area contributed by atoms with Gasteiger partial charge in [0.1, 0.15) is 12.6 Å². The van der Waals surface area contributed by atoms with Gasteiger partial charge in [-0.25, -0.2) is 0 Å². The Morgan fingerprint density at radius 1 is 0.900 bits per heavy atom. The molecule has 2 amide bonds. The molecule has 0 spiro atoms. The SMILES string of the molecule is O=C(NCc1ccccc1)C(=O)NC[C@H](c1cccs1)[NH+]1CCc2ccccc2C1. The molecule has 1 aromatic heterocycles. The maximum atomic E-state index is 12.4. The van der Waals surface area contributed by atoms with Crippen LogP contribution in [-0.4, -0.2) is 24.9 Å². The largest absolute Gasteiger partial charge is 0.344 e. The molecule has 5 nitrogen and oxygen atoms in total. The van der Waals surface area contributed by atoms with Gasteiger partial charge in [0.2, 0.25) is 0 Å². The number of thiophene rings is 1. The second-order valence-electron chi connectivity index (χ2n) is 7.55. The van der Waals surface area contributed by atoms with Crippen molar-refractivity contribution in [1.29, 1.82) is 0 Å². The van der Waals surface area contributed by atoms with Gasteiger partial charge in [0.25, 0.3) is 0 Å². The molecule has 4 rings (SSSR count). The van der Waals surface area contributed by atoms with Crippen molar-refractivity contribution in [2.45, 2.75) is 25.6 Å². The zero-order valence-electron chi connectivity index (χ0n) is 16.8. The molecule has 3 N–H and O–H groups in total. The molecular weight excluding hydrogens is 394 g/mol. The Labute approximate surface area is 180 Å². The summed E-state index contributed by atoms with van der Waals surface area (Å²) in [5.74, 6) is -1.17. The molecule has 1 unspecified atom stereocenters. The minimum Gasteiger partial charge on any atom is -0.344 e. The predicted molar refractivity (Wildman–Crippen MR) is 118 cm³/mol. The molecule has 1 aliphatic rings. The van der Waals surface area contributed by atoms with Gasteiger partial charge in [-0.15, -0.1) is 11.3 Å². The first-order chi connectivity index (χ1) is 14.7. The summed E-state index contributed by atoms with van der Waals surface area (Å²) >= 11 is 1.70. The monoisotopic (exact) mass is 420 g/mol. The number of carbonyl (C=O) groups is 2. The summed E-state index contributed by atoms with van der Waals surface area (Å²) < 4.78 is 0. The van der Waals surface area contributed by atoms with Crippen LogP contribution in [0.15, 0.2) is 72.1 Å². The van der Waals surface area contributed by atoms with Gasteiger partial charge in [-0.2, -0.15) is 0 Å². The van der Waals surface area contributed by atoms with Crippen LogP contribution < -0.4 is 15.5 Å². The average Bonchev–Trinajstić information content (AvgIpc) is 3.32. The summed E-state index contributed by atoms with van der Waals surface area (Å²) in [4.78, 5) is 27.3. The van der Waals surface area contributed by atoms with Crippen LogP contribution in [0.2, 0.25) is 0 Å². The standard InChI is InChI=1S/C24H25N3O2S/c28-23(25-15-18-7-2-1-3-8-18)24(29)26-16-21(22-11-6-14-30-22)27-13-12-19-9-4-5-10-20(19)17-27/h1-11,14,21H,12-13,15-17H2,(H,25,28)(H,26,29)/p+1/t21-/m1/s1. The Hall–Kier alpha value is -2.96. The molecule has 0 aliphatic carbocycles. The molecule has 154 valence electrons. The minimum absolute atomic E-state index is 0.129. The normalized spacial score (nSPS) is 16.3. The van der Waals surface area contributed by atoms with Crippen LogP contribution in [0.4, 0.5) is 0 Å². The summed E-state index contributed by atoms with van der Waals surface area (Å²) in [6, 6.07) is 22.4. The molecular formula is C24H26N3O2S+. The Morgan fingerprint density at radius 3 is 2.40 bits per heavy atom. The number of nitrogens with one attached hydrogen (secondary N) is 3. The van der Waals surface area contributed by atoms with E-state index in [0.29, 0.717) is 13.1 Å². The smallest absolute Gasteiger partial charge is 0.309 e. The van der Waals surface area contributed by atoms with Gasteiger partial charge in [-0.05, 0) is 22.6 Å². The van der Waals surface area contributed by atoms with Crippen molar-refractivity contribution in [2.24, 2.45) is 0 Å². The number of benzene rings is 2. The van der Waals surface area contributed by atoms with Crippen LogP contribution in [0.3, 0.4) is 0 Å². The van der Waals surface area contributed by atoms with E-state index in [-0.39, 0.29) is 6.04 Å². The quantitative estimate of drug-likeness (QED) is 0.533. The van der Waals surface area contributed by atoms with Gasteiger partial charge in [0.05, 0.1) is 18.0 Å². The van der Waals surface area contributed by atoms with E-state index in [1.54, 1.807) is 11.3 Å². The summed E-state index contributed by atoms with van der Waals surface area (Å²) in [6.45, 7) is 2.72. The molecule has 0 saturated heterocycles. The summed E-state index contributed by atoms with van der Waals surface area (Å²) in [7, 11) is 0. The lowest BCUT2D eigenvalue weighted by Gasteiger charge is -2.32. The average molecular weight is 421 g/mol. The van der Waals surface area contributed by atoms with Gasteiger partial charge in [-0.1, -0.05) is 60.7 Å². The van der Waals surface area contributed by atoms with Crippen LogP contribution in [0.5, 0.6) is 0 Å². The molecule has 0 bridgehead atoms. The minimum atomic E-state index is -0.595. The van der Waals surface area contributed by atoms with Gasteiger partial charge < -0.3 is 15.5 Å². The Balaban J connectivity index is 1.37. The van der Waals surface area contributed by atoms with Crippen LogP contribution >= 0.6 is 11.3 Å². The predicted octanol–water partition coefficient (Wildman–Crippen LogP) is 1.86. The third-order valence-corrected chi connectivity index (χ3v) is 6.59. The van der Waals surface area contributed by atoms with Gasteiger partial charge in [0, 0.05) is 18.5 Å². The van der Waals surface area contributed by atoms with E-state index >= 15 is 0 Å². The number of fused-ring (bicyclic) bond motifs is 1. The summed E-state index contributed by atoms with van der Waals surface area (Å²) in [6.07, 6.45) is 1.03. The van der Waals surface area contributed by atoms with Crippen LogP contribution in [0.1, 0.15) is 27.6 Å². The number of hydrogen-bond donors (Lipinski definition) is 3. The number of amides is 2. The van der Waals surface area contributed by atoms with Crippen LogP contribution in [0.25, 0.3) is 0 Å². The molecule has 1 aliphatic heterocycles. The van der Waals surface area contributed by atoms with E-state index in [1.165, 1.54) is 20.9 Å². The van der Waals surface area contributed by atoms with Crippen molar-refractivity contribution in [1.82, 2.24) is 10.6 Å². The summed E-state index contributed by atoms with van der Waals surface area (Å²) in [5, 5.41) is 7.62. The van der Waals surface area contributed by atoms with Crippen molar-refractivity contribution < 1.29 is 14.5 Å². The Kier molecular flexibility index (Phi) is 6.57. The lowest BCUT2D eigenvalue weighted by Crippen LogP contribution is -3.12. The topological polar surface area (TPSA) is 62.6 Å². The lowest BCUT2D eigenvalue weighted by atomic mass is 9.98. The van der Waals surface area contributed by atoms with Crippen molar-refractivity contribution in [3.63, 3.8) is 0 Å². The summed E-state index contributed by atoms with van der Waals surface area (Å²) in [5.41, 5.74) is 3.74. The highest BCUT2D eigenvalue weighted by molar-refractivity contribution is 7.10. The fourth-order valence-electron chi connectivity index (χ4n) is 3.97. The van der Waals surface area contributed by atoms with Gasteiger partial charge >= 0.3 is 11.8 Å². The first-order valence-electron chi connectivity index (χ1n) is 10.3. The second kappa shape index (κ2) is 9.69. The molecule has 2 heterocycles. The second-order valence-corrected chi connectivity index (χ2v) is 8.53. The first-order valence-corrected chi connectivity index (χ1v) is 11.1. The maximum Gasteiger partial charge on any atom is 0.309 e. The molecule has 0 saturated carbocycles. The molecule has 2 atom stereocenters. The van der Waals surface area contributed by atoms with E-state index < -0.39 is 11.8 Å². The third kappa shape index (κ3) is 4.96. The zero-order chi connectivity index (χ0) is 20.8. The van der Waals surface area contributed by atoms with Crippen molar-refractivity contribution in [3.8, 4) is 0 Å². The van der Waals surface area contributed by atoms with Crippen molar-refractivity contribution in [2.75, 3.05) is 13.1 Å². The highest BCUT2D eigenvalue weighted by Gasteiger charge is 2.30. The molecule has 6 heteroatoms. The molecule has 3 aromatic rings. The molecule has 0 fully saturated rings. The fourth-order valence-corrected chi connectivity index (χ4v) is 4.85. The van der Waals surface area contributed by atoms with Gasteiger partial charge in [-0.3, -0.25) is 9.59 Å². The van der Waals surface area contributed by atoms with E-state index in [2.05, 4.69) is 46.3 Å².